The number of nitrogens with two attached hydrogens (primary N) is 1. The maximum Gasteiger partial charge on any atom is 0.293 e. The smallest absolute Gasteiger partial charge is 0.293 e. The monoisotopic (exact) mass is 329 g/mol. The molecule has 1 fully saturated rings. The molecule has 0 heterocycles. The van der Waals surface area contributed by atoms with E-state index in [4.69, 9.17) is 10.5 Å². The van der Waals surface area contributed by atoms with E-state index in [-0.39, 0.29) is 17.2 Å². The molecule has 1 aliphatic rings. The van der Waals surface area contributed by atoms with Gasteiger partial charge in [-0.25, -0.2) is 13.1 Å². The Bertz CT molecular complexity index is 668. The van der Waals surface area contributed by atoms with Crippen molar-refractivity contribution >= 4 is 15.7 Å². The molecule has 1 aliphatic carbocycles. The summed E-state index contributed by atoms with van der Waals surface area (Å²) >= 11 is 0. The standard InChI is InChI=1S/C13H19N3O5S/c1-21-10-4-5-12(11(8-10)16(17)18)22(19,20)15-13(9-14)6-2-3-7-13/h4-5,8,15H,2-3,6-7,9,14H2,1H3. The first-order valence-corrected chi connectivity index (χ1v) is 8.38. The molecule has 1 aromatic carbocycles. The second-order valence-corrected chi connectivity index (χ2v) is 7.04. The van der Waals surface area contributed by atoms with Crippen LogP contribution in [0.2, 0.25) is 0 Å². The van der Waals surface area contributed by atoms with Gasteiger partial charge in [0.25, 0.3) is 5.69 Å². The summed E-state index contributed by atoms with van der Waals surface area (Å²) in [6, 6.07) is 3.65. The van der Waals surface area contributed by atoms with Crippen LogP contribution in [0, 0.1) is 10.1 Å². The minimum Gasteiger partial charge on any atom is -0.497 e. The van der Waals surface area contributed by atoms with E-state index >= 15 is 0 Å². The number of rotatable bonds is 6. The van der Waals surface area contributed by atoms with Crippen LogP contribution in [0.4, 0.5) is 5.69 Å². The van der Waals surface area contributed by atoms with Crippen LogP contribution < -0.4 is 15.2 Å². The predicted molar refractivity (Wildman–Crippen MR) is 80.2 cm³/mol. The van der Waals surface area contributed by atoms with Crippen molar-refractivity contribution in [2.75, 3.05) is 13.7 Å². The molecule has 0 radical (unpaired) electrons. The van der Waals surface area contributed by atoms with Crippen molar-refractivity contribution in [1.82, 2.24) is 4.72 Å². The Balaban J connectivity index is 2.43. The summed E-state index contributed by atoms with van der Waals surface area (Å²) in [4.78, 5) is 10.0. The largest absolute Gasteiger partial charge is 0.497 e. The molecule has 1 aromatic rings. The van der Waals surface area contributed by atoms with Crippen LogP contribution >= 0.6 is 0 Å². The molecule has 3 N–H and O–H groups in total. The molecule has 0 spiro atoms. The molecular weight excluding hydrogens is 310 g/mol. The van der Waals surface area contributed by atoms with Crippen LogP contribution in [-0.4, -0.2) is 32.5 Å². The number of nitro groups is 1. The minimum atomic E-state index is -4.04. The van der Waals surface area contributed by atoms with E-state index in [2.05, 4.69) is 4.72 Å². The minimum absolute atomic E-state index is 0.163. The van der Waals surface area contributed by atoms with Gasteiger partial charge in [0.1, 0.15) is 5.75 Å². The Morgan fingerprint density at radius 2 is 2.05 bits per heavy atom. The zero-order valence-electron chi connectivity index (χ0n) is 12.2. The van der Waals surface area contributed by atoms with Crippen molar-refractivity contribution in [2.24, 2.45) is 5.73 Å². The van der Waals surface area contributed by atoms with E-state index in [1.807, 2.05) is 0 Å². The summed E-state index contributed by atoms with van der Waals surface area (Å²) in [6.45, 7) is 0.163. The van der Waals surface area contributed by atoms with E-state index in [1.54, 1.807) is 0 Å². The number of hydrogen-bond acceptors (Lipinski definition) is 6. The summed E-state index contributed by atoms with van der Waals surface area (Å²) in [6.07, 6.45) is 3.02. The Labute approximate surface area is 128 Å². The third kappa shape index (κ3) is 3.21. The van der Waals surface area contributed by atoms with E-state index in [0.717, 1.165) is 18.9 Å². The number of nitrogens with one attached hydrogen (secondary N) is 1. The maximum atomic E-state index is 12.6. The van der Waals surface area contributed by atoms with Crippen molar-refractivity contribution < 1.29 is 18.1 Å². The molecule has 2 rings (SSSR count). The fourth-order valence-electron chi connectivity index (χ4n) is 2.73. The second kappa shape index (κ2) is 6.19. The third-order valence-electron chi connectivity index (χ3n) is 3.95. The van der Waals surface area contributed by atoms with Gasteiger partial charge in [-0.2, -0.15) is 0 Å². The highest BCUT2D eigenvalue weighted by Crippen LogP contribution is 2.33. The van der Waals surface area contributed by atoms with E-state index < -0.39 is 26.2 Å². The van der Waals surface area contributed by atoms with Crippen molar-refractivity contribution in [1.29, 1.82) is 0 Å². The molecule has 22 heavy (non-hydrogen) atoms. The first-order chi connectivity index (χ1) is 10.3. The van der Waals surface area contributed by atoms with Crippen LogP contribution in [0.5, 0.6) is 5.75 Å². The number of hydrogen-bond donors (Lipinski definition) is 2. The third-order valence-corrected chi connectivity index (χ3v) is 5.58. The lowest BCUT2D eigenvalue weighted by molar-refractivity contribution is -0.387. The lowest BCUT2D eigenvalue weighted by Gasteiger charge is -2.28. The number of benzene rings is 1. The average Bonchev–Trinajstić information content (AvgIpc) is 2.94. The average molecular weight is 329 g/mol. The summed E-state index contributed by atoms with van der Waals surface area (Å²) in [5.41, 5.74) is 4.48. The molecule has 0 aromatic heterocycles. The van der Waals surface area contributed by atoms with Gasteiger partial charge in [-0.15, -0.1) is 0 Å². The molecule has 0 bridgehead atoms. The number of sulfonamides is 1. The number of methoxy groups -OCH3 is 1. The summed E-state index contributed by atoms with van der Waals surface area (Å²) in [5, 5.41) is 11.2. The van der Waals surface area contributed by atoms with Crippen molar-refractivity contribution in [3.05, 3.63) is 28.3 Å². The van der Waals surface area contributed by atoms with Crippen LogP contribution in [-0.2, 0) is 10.0 Å². The summed E-state index contributed by atoms with van der Waals surface area (Å²) in [7, 11) is -2.69. The molecule has 0 saturated heterocycles. The zero-order valence-corrected chi connectivity index (χ0v) is 13.1. The van der Waals surface area contributed by atoms with E-state index in [9.17, 15) is 18.5 Å². The highest BCUT2D eigenvalue weighted by atomic mass is 32.2. The van der Waals surface area contributed by atoms with Gasteiger partial charge in [-0.05, 0) is 25.0 Å². The van der Waals surface area contributed by atoms with Gasteiger partial charge >= 0.3 is 0 Å². The molecule has 0 atom stereocenters. The van der Waals surface area contributed by atoms with Crippen LogP contribution in [0.15, 0.2) is 23.1 Å². The molecule has 0 amide bonds. The number of nitro benzene ring substituents is 1. The van der Waals surface area contributed by atoms with Gasteiger partial charge < -0.3 is 10.5 Å². The van der Waals surface area contributed by atoms with E-state index in [0.29, 0.717) is 12.8 Å². The Morgan fingerprint density at radius 3 is 2.55 bits per heavy atom. The van der Waals surface area contributed by atoms with Gasteiger partial charge in [0, 0.05) is 12.1 Å². The van der Waals surface area contributed by atoms with Gasteiger partial charge in [0.2, 0.25) is 10.0 Å². The molecule has 1 saturated carbocycles. The normalized spacial score (nSPS) is 17.4. The van der Waals surface area contributed by atoms with Gasteiger partial charge in [0.15, 0.2) is 4.90 Å². The van der Waals surface area contributed by atoms with Gasteiger partial charge in [0.05, 0.1) is 18.1 Å². The fourth-order valence-corrected chi connectivity index (χ4v) is 4.36. The van der Waals surface area contributed by atoms with Crippen LogP contribution in [0.1, 0.15) is 25.7 Å². The quantitative estimate of drug-likeness (QED) is 0.596. The van der Waals surface area contributed by atoms with Crippen molar-refractivity contribution in [3.8, 4) is 5.75 Å². The second-order valence-electron chi connectivity index (χ2n) is 5.39. The van der Waals surface area contributed by atoms with Crippen molar-refractivity contribution in [2.45, 2.75) is 36.1 Å². The number of ether oxygens (including phenoxy) is 1. The van der Waals surface area contributed by atoms with Gasteiger partial charge in [-0.1, -0.05) is 12.8 Å². The molecule has 0 aliphatic heterocycles. The predicted octanol–water partition coefficient (Wildman–Crippen LogP) is 1.15. The van der Waals surface area contributed by atoms with Crippen molar-refractivity contribution in [3.63, 3.8) is 0 Å². The highest BCUT2D eigenvalue weighted by molar-refractivity contribution is 7.89. The Kier molecular flexibility index (Phi) is 4.69. The first kappa shape index (κ1) is 16.7. The summed E-state index contributed by atoms with van der Waals surface area (Å²) < 4.78 is 32.6. The topological polar surface area (TPSA) is 125 Å². The lowest BCUT2D eigenvalue weighted by Crippen LogP contribution is -2.51. The van der Waals surface area contributed by atoms with Gasteiger partial charge in [-0.3, -0.25) is 10.1 Å². The lowest BCUT2D eigenvalue weighted by atomic mass is 10.0. The first-order valence-electron chi connectivity index (χ1n) is 6.90. The summed E-state index contributed by atoms with van der Waals surface area (Å²) in [5.74, 6) is 0.222. The Hall–Kier alpha value is -1.71. The molecule has 0 unspecified atom stereocenters. The molecule has 122 valence electrons. The molecule has 9 heteroatoms. The van der Waals surface area contributed by atoms with Crippen LogP contribution in [0.25, 0.3) is 0 Å². The fraction of sp³-hybridized carbons (Fsp3) is 0.538. The number of nitrogens with zero attached hydrogens (tertiary/aromatic N) is 1. The SMILES string of the molecule is COc1ccc(S(=O)(=O)NC2(CN)CCCC2)c([N+](=O)[O-])c1. The molecule has 8 nitrogen and oxygen atoms in total. The van der Waals surface area contributed by atoms with Crippen LogP contribution in [0.3, 0.4) is 0 Å². The molecular formula is C13H19N3O5S. The Morgan fingerprint density at radius 1 is 1.41 bits per heavy atom. The maximum absolute atomic E-state index is 12.6. The van der Waals surface area contributed by atoms with E-state index in [1.165, 1.54) is 19.2 Å². The highest BCUT2D eigenvalue weighted by Gasteiger charge is 2.38. The zero-order chi connectivity index (χ0) is 16.4.